The Hall–Kier alpha value is -2.21. The van der Waals surface area contributed by atoms with Crippen LogP contribution >= 0.6 is 11.8 Å². The topological polar surface area (TPSA) is 76.7 Å². The molecule has 0 aliphatic rings. The lowest BCUT2D eigenvalue weighted by molar-refractivity contribution is -0.133. The van der Waals surface area contributed by atoms with Crippen molar-refractivity contribution in [1.82, 2.24) is 0 Å². The minimum Gasteiger partial charge on any atom is -0.497 e. The third kappa shape index (κ3) is 4.39. The average Bonchev–Trinajstić information content (AvgIpc) is 3.05. The molecule has 1 aromatic carbocycles. The molecule has 0 aliphatic heterocycles. The van der Waals surface area contributed by atoms with Crippen LogP contribution < -0.4 is 4.74 Å². The van der Waals surface area contributed by atoms with Gasteiger partial charge in [0.2, 0.25) is 0 Å². The van der Waals surface area contributed by atoms with Crippen LogP contribution in [0.4, 0.5) is 0 Å². The van der Waals surface area contributed by atoms with Crippen LogP contribution in [-0.4, -0.2) is 29.7 Å². The number of rotatable bonds is 8. The summed E-state index contributed by atoms with van der Waals surface area (Å²) in [7, 11) is 1.54. The molecule has 0 spiro atoms. The molecule has 0 fully saturated rings. The molecule has 2 aromatic rings. The summed E-state index contributed by atoms with van der Waals surface area (Å²) in [5.41, 5.74) is 0.534. The highest BCUT2D eigenvalue weighted by molar-refractivity contribution is 8.00. The van der Waals surface area contributed by atoms with E-state index in [2.05, 4.69) is 0 Å². The highest BCUT2D eigenvalue weighted by Gasteiger charge is 2.21. The monoisotopic (exact) mass is 320 g/mol. The Balaban J connectivity index is 2.11. The lowest BCUT2D eigenvalue weighted by atomic mass is 10.1. The number of thioether (sulfide) groups is 1. The Morgan fingerprint density at radius 2 is 2.14 bits per heavy atom. The lowest BCUT2D eigenvalue weighted by Crippen LogP contribution is -2.08. The Morgan fingerprint density at radius 3 is 2.77 bits per heavy atom. The molecular weight excluding hydrogens is 304 g/mol. The van der Waals surface area contributed by atoms with Gasteiger partial charge in [0.15, 0.2) is 5.78 Å². The zero-order valence-electron chi connectivity index (χ0n) is 12.0. The number of carbonyl (C=O) groups excluding carboxylic acids is 1. The van der Waals surface area contributed by atoms with E-state index >= 15 is 0 Å². The zero-order chi connectivity index (χ0) is 15.9. The predicted molar refractivity (Wildman–Crippen MR) is 83.5 cm³/mol. The number of carbonyl (C=O) groups is 2. The fraction of sp³-hybridized carbons (Fsp3) is 0.250. The molecule has 116 valence electrons. The first kappa shape index (κ1) is 16.2. The van der Waals surface area contributed by atoms with Gasteiger partial charge >= 0.3 is 5.97 Å². The van der Waals surface area contributed by atoms with E-state index in [1.54, 1.807) is 36.4 Å². The van der Waals surface area contributed by atoms with Gasteiger partial charge in [0.1, 0.15) is 11.5 Å². The molecule has 1 heterocycles. The summed E-state index contributed by atoms with van der Waals surface area (Å²) in [6.45, 7) is 0. The van der Waals surface area contributed by atoms with Gasteiger partial charge in [-0.25, -0.2) is 0 Å². The van der Waals surface area contributed by atoms with Crippen LogP contribution in [0.25, 0.3) is 0 Å². The van der Waals surface area contributed by atoms with E-state index in [9.17, 15) is 9.59 Å². The average molecular weight is 320 g/mol. The lowest BCUT2D eigenvalue weighted by Gasteiger charge is -2.12. The number of methoxy groups -OCH3 is 1. The van der Waals surface area contributed by atoms with Crippen molar-refractivity contribution in [2.45, 2.75) is 11.7 Å². The number of hydrogen-bond donors (Lipinski definition) is 1. The van der Waals surface area contributed by atoms with E-state index in [0.717, 1.165) is 0 Å². The summed E-state index contributed by atoms with van der Waals surface area (Å²) in [4.78, 5) is 23.2. The second-order valence-corrected chi connectivity index (χ2v) is 5.76. The first-order chi connectivity index (χ1) is 10.6. The SMILES string of the molecule is COc1cccc(C(=O)CC(SCC(=O)O)c2ccco2)c1. The predicted octanol–water partition coefficient (Wildman–Crippen LogP) is 3.42. The maximum atomic E-state index is 12.4. The highest BCUT2D eigenvalue weighted by Crippen LogP contribution is 2.33. The van der Waals surface area contributed by atoms with Crippen LogP contribution in [0.15, 0.2) is 47.1 Å². The van der Waals surface area contributed by atoms with Crippen LogP contribution in [0.3, 0.4) is 0 Å². The Bertz CT molecular complexity index is 636. The maximum absolute atomic E-state index is 12.4. The van der Waals surface area contributed by atoms with E-state index in [-0.39, 0.29) is 23.2 Å². The maximum Gasteiger partial charge on any atom is 0.313 e. The molecule has 0 aliphatic carbocycles. The molecule has 6 heteroatoms. The molecule has 0 saturated carbocycles. The summed E-state index contributed by atoms with van der Waals surface area (Å²) in [6.07, 6.45) is 1.68. The Labute approximate surface area is 132 Å². The number of carboxylic acids is 1. The number of furan rings is 1. The van der Waals surface area contributed by atoms with Crippen LogP contribution in [0.2, 0.25) is 0 Å². The smallest absolute Gasteiger partial charge is 0.313 e. The Kier molecular flexibility index (Phi) is 5.66. The second-order valence-electron chi connectivity index (χ2n) is 4.57. The zero-order valence-corrected chi connectivity index (χ0v) is 12.8. The van der Waals surface area contributed by atoms with Gasteiger partial charge in [-0.15, -0.1) is 11.8 Å². The molecule has 1 aromatic heterocycles. The van der Waals surface area contributed by atoms with Crippen molar-refractivity contribution in [3.63, 3.8) is 0 Å². The molecule has 1 N–H and O–H groups in total. The number of benzene rings is 1. The standard InChI is InChI=1S/C16H16O5S/c1-20-12-5-2-4-11(8-12)13(17)9-15(22-10-16(18)19)14-6-3-7-21-14/h2-8,15H,9-10H2,1H3,(H,18,19). The molecule has 2 rings (SSSR count). The van der Waals surface area contributed by atoms with Crippen molar-refractivity contribution in [2.24, 2.45) is 0 Å². The van der Waals surface area contributed by atoms with Crippen molar-refractivity contribution >= 4 is 23.5 Å². The highest BCUT2D eigenvalue weighted by atomic mass is 32.2. The molecule has 0 saturated heterocycles. The first-order valence-electron chi connectivity index (χ1n) is 6.64. The van der Waals surface area contributed by atoms with E-state index < -0.39 is 5.97 Å². The van der Waals surface area contributed by atoms with E-state index in [1.807, 2.05) is 0 Å². The van der Waals surface area contributed by atoms with Crippen molar-refractivity contribution < 1.29 is 23.8 Å². The molecule has 5 nitrogen and oxygen atoms in total. The molecule has 0 radical (unpaired) electrons. The Morgan fingerprint density at radius 1 is 1.32 bits per heavy atom. The summed E-state index contributed by atoms with van der Waals surface area (Å²) >= 11 is 1.17. The van der Waals surface area contributed by atoms with Gasteiger partial charge in [0.25, 0.3) is 0 Å². The van der Waals surface area contributed by atoms with E-state index in [4.69, 9.17) is 14.3 Å². The second kappa shape index (κ2) is 7.70. The molecule has 0 bridgehead atoms. The number of aliphatic carboxylic acids is 1. The van der Waals surface area contributed by atoms with Gasteiger partial charge in [0.05, 0.1) is 24.4 Å². The van der Waals surface area contributed by atoms with Crippen LogP contribution in [0.1, 0.15) is 27.8 Å². The minimum atomic E-state index is -0.921. The van der Waals surface area contributed by atoms with Gasteiger partial charge < -0.3 is 14.3 Å². The van der Waals surface area contributed by atoms with Gasteiger partial charge in [-0.05, 0) is 24.3 Å². The minimum absolute atomic E-state index is 0.0850. The number of Topliss-reactive ketones (excluding diaryl/α,β-unsaturated/α-hetero) is 1. The molecular formula is C16H16O5S. The molecule has 1 unspecified atom stereocenters. The molecule has 0 amide bonds. The van der Waals surface area contributed by atoms with Gasteiger partial charge in [-0.2, -0.15) is 0 Å². The largest absolute Gasteiger partial charge is 0.497 e. The van der Waals surface area contributed by atoms with Crippen LogP contribution in [0.5, 0.6) is 5.75 Å². The van der Waals surface area contributed by atoms with Crippen molar-refractivity contribution in [3.05, 3.63) is 54.0 Å². The van der Waals surface area contributed by atoms with Gasteiger partial charge in [-0.1, -0.05) is 12.1 Å². The fourth-order valence-corrected chi connectivity index (χ4v) is 2.88. The normalized spacial score (nSPS) is 11.9. The van der Waals surface area contributed by atoms with Crippen molar-refractivity contribution in [1.29, 1.82) is 0 Å². The summed E-state index contributed by atoms with van der Waals surface area (Å²) in [6, 6.07) is 10.4. The van der Waals surface area contributed by atoms with Gasteiger partial charge in [-0.3, -0.25) is 9.59 Å². The van der Waals surface area contributed by atoms with E-state index in [1.165, 1.54) is 25.1 Å². The number of ketones is 1. The first-order valence-corrected chi connectivity index (χ1v) is 7.69. The van der Waals surface area contributed by atoms with E-state index in [0.29, 0.717) is 17.1 Å². The third-order valence-corrected chi connectivity index (χ3v) is 4.25. The van der Waals surface area contributed by atoms with Crippen LogP contribution in [-0.2, 0) is 4.79 Å². The van der Waals surface area contributed by atoms with Crippen molar-refractivity contribution in [3.8, 4) is 5.75 Å². The summed E-state index contributed by atoms with van der Waals surface area (Å²) in [5.74, 6) is 0.117. The third-order valence-electron chi connectivity index (χ3n) is 3.03. The van der Waals surface area contributed by atoms with Gasteiger partial charge in [0, 0.05) is 12.0 Å². The molecule has 1 atom stereocenters. The number of carboxylic acid groups (broad SMARTS) is 1. The summed E-state index contributed by atoms with van der Waals surface area (Å²) in [5, 5.41) is 8.50. The van der Waals surface area contributed by atoms with Crippen LogP contribution in [0, 0.1) is 0 Å². The molecule has 22 heavy (non-hydrogen) atoms. The summed E-state index contributed by atoms with van der Waals surface area (Å²) < 4.78 is 10.4. The fourth-order valence-electron chi connectivity index (χ4n) is 1.97. The quantitative estimate of drug-likeness (QED) is 0.751. The van der Waals surface area contributed by atoms with Crippen molar-refractivity contribution in [2.75, 3.05) is 12.9 Å². The number of ether oxygens (including phenoxy) is 1. The number of hydrogen-bond acceptors (Lipinski definition) is 5.